The monoisotopic (exact) mass is 371 g/mol. The van der Waals surface area contributed by atoms with E-state index in [9.17, 15) is 9.59 Å². The van der Waals surface area contributed by atoms with Gasteiger partial charge in [-0.25, -0.2) is 0 Å². The number of hydrogen-bond acceptors (Lipinski definition) is 3. The summed E-state index contributed by atoms with van der Waals surface area (Å²) in [5.74, 6) is -0.381. The summed E-state index contributed by atoms with van der Waals surface area (Å²) in [7, 11) is 0. The van der Waals surface area contributed by atoms with Gasteiger partial charge in [-0.1, -0.05) is 42.5 Å². The number of amides is 2. The van der Waals surface area contributed by atoms with Gasteiger partial charge in [0.25, 0.3) is 11.8 Å². The van der Waals surface area contributed by atoms with Gasteiger partial charge in [0.2, 0.25) is 0 Å². The molecule has 0 saturated heterocycles. The van der Waals surface area contributed by atoms with E-state index in [1.54, 1.807) is 6.07 Å². The molecule has 5 heteroatoms. The van der Waals surface area contributed by atoms with Gasteiger partial charge in [0.1, 0.15) is 0 Å². The van der Waals surface area contributed by atoms with Gasteiger partial charge in [0.15, 0.2) is 0 Å². The van der Waals surface area contributed by atoms with Crippen LogP contribution in [0.2, 0.25) is 0 Å². The minimum atomic E-state index is -0.277. The van der Waals surface area contributed by atoms with E-state index in [1.165, 1.54) is 23.5 Å². The molecular weight excluding hydrogens is 350 g/mol. The van der Waals surface area contributed by atoms with Crippen LogP contribution in [0.15, 0.2) is 67.0 Å². The molecule has 0 unspecified atom stereocenters. The van der Waals surface area contributed by atoms with Gasteiger partial charge >= 0.3 is 0 Å². The maximum absolute atomic E-state index is 13.0. The van der Waals surface area contributed by atoms with Crippen LogP contribution in [0.5, 0.6) is 0 Å². The van der Waals surface area contributed by atoms with E-state index in [0.717, 1.165) is 17.7 Å². The molecule has 28 heavy (non-hydrogen) atoms. The Bertz CT molecular complexity index is 1050. The number of carbonyl (C=O) groups excluding carboxylic acids is 2. The highest BCUT2D eigenvalue weighted by Crippen LogP contribution is 2.21. The van der Waals surface area contributed by atoms with Crippen LogP contribution < -0.4 is 5.32 Å². The van der Waals surface area contributed by atoms with Gasteiger partial charge in [-0.05, 0) is 42.2 Å². The molecule has 0 radical (unpaired) electrons. The fraction of sp³-hybridized carbons (Fsp3) is 0.174. The Morgan fingerprint density at radius 1 is 0.964 bits per heavy atom. The highest BCUT2D eigenvalue weighted by Gasteiger charge is 2.22. The Balaban J connectivity index is 1.51. The average Bonchev–Trinajstić information content (AvgIpc) is 2.74. The molecule has 1 aliphatic heterocycles. The third kappa shape index (κ3) is 3.64. The Morgan fingerprint density at radius 2 is 1.68 bits per heavy atom. The number of rotatable bonds is 3. The van der Waals surface area contributed by atoms with Crippen molar-refractivity contribution in [1.29, 1.82) is 0 Å². The summed E-state index contributed by atoms with van der Waals surface area (Å²) in [6.45, 7) is 3.17. The van der Waals surface area contributed by atoms with Crippen molar-refractivity contribution in [3.8, 4) is 0 Å². The van der Waals surface area contributed by atoms with Crippen molar-refractivity contribution in [2.45, 2.75) is 19.9 Å². The molecule has 0 saturated carbocycles. The largest absolute Gasteiger partial charge is 0.334 e. The molecule has 0 fully saturated rings. The van der Waals surface area contributed by atoms with E-state index < -0.39 is 0 Å². The van der Waals surface area contributed by atoms with Gasteiger partial charge in [-0.15, -0.1) is 0 Å². The summed E-state index contributed by atoms with van der Waals surface area (Å²) >= 11 is 0. The third-order valence-corrected chi connectivity index (χ3v) is 5.06. The summed E-state index contributed by atoms with van der Waals surface area (Å²) < 4.78 is 0. The van der Waals surface area contributed by atoms with Crippen LogP contribution in [0.25, 0.3) is 0 Å². The predicted octanol–water partition coefficient (Wildman–Crippen LogP) is 3.84. The SMILES string of the molecule is Cc1ccccc1NC(=O)c1cncc(C(=O)N2CCc3ccccc3C2)c1. The fourth-order valence-electron chi connectivity index (χ4n) is 3.44. The lowest BCUT2D eigenvalue weighted by molar-refractivity contribution is 0.0734. The minimum absolute atomic E-state index is 0.104. The third-order valence-electron chi connectivity index (χ3n) is 5.06. The number of aromatic nitrogens is 1. The lowest BCUT2D eigenvalue weighted by Gasteiger charge is -2.28. The van der Waals surface area contributed by atoms with E-state index in [-0.39, 0.29) is 11.8 Å². The number of carbonyl (C=O) groups is 2. The molecule has 2 amide bonds. The maximum atomic E-state index is 13.0. The average molecular weight is 371 g/mol. The Hall–Kier alpha value is -3.47. The highest BCUT2D eigenvalue weighted by molar-refractivity contribution is 6.06. The van der Waals surface area contributed by atoms with Crippen molar-refractivity contribution in [3.63, 3.8) is 0 Å². The van der Waals surface area contributed by atoms with Gasteiger partial charge in [-0.3, -0.25) is 14.6 Å². The van der Waals surface area contributed by atoms with Crippen LogP contribution in [0, 0.1) is 6.92 Å². The van der Waals surface area contributed by atoms with Crippen molar-refractivity contribution in [1.82, 2.24) is 9.88 Å². The first kappa shape index (κ1) is 17.9. The number of aryl methyl sites for hydroxylation is 1. The summed E-state index contributed by atoms with van der Waals surface area (Å²) in [5.41, 5.74) is 4.97. The number of nitrogens with zero attached hydrogens (tertiary/aromatic N) is 2. The van der Waals surface area contributed by atoms with E-state index in [4.69, 9.17) is 0 Å². The normalized spacial score (nSPS) is 13.0. The standard InChI is InChI=1S/C23H21N3O2/c1-16-6-2-5-9-21(16)25-22(27)19-12-20(14-24-13-19)23(28)26-11-10-17-7-3-4-8-18(17)15-26/h2-9,12-14H,10-11,15H2,1H3,(H,25,27). The first-order chi connectivity index (χ1) is 13.6. The van der Waals surface area contributed by atoms with Gasteiger partial charge < -0.3 is 10.2 Å². The van der Waals surface area contributed by atoms with Crippen LogP contribution >= 0.6 is 0 Å². The number of nitrogens with one attached hydrogen (secondary N) is 1. The van der Waals surface area contributed by atoms with E-state index in [2.05, 4.69) is 22.4 Å². The lowest BCUT2D eigenvalue weighted by Crippen LogP contribution is -2.36. The topological polar surface area (TPSA) is 62.3 Å². The van der Waals surface area contributed by atoms with Crippen LogP contribution in [0.4, 0.5) is 5.69 Å². The molecule has 140 valence electrons. The number of pyridine rings is 1. The molecule has 2 heterocycles. The number of anilines is 1. The number of benzene rings is 2. The maximum Gasteiger partial charge on any atom is 0.257 e. The molecule has 0 atom stereocenters. The number of para-hydroxylation sites is 1. The molecule has 0 spiro atoms. The Morgan fingerprint density at radius 3 is 2.50 bits per heavy atom. The van der Waals surface area contributed by atoms with Gasteiger partial charge in [0, 0.05) is 31.2 Å². The zero-order valence-electron chi connectivity index (χ0n) is 15.7. The van der Waals surface area contributed by atoms with Crippen molar-refractivity contribution >= 4 is 17.5 Å². The molecule has 5 nitrogen and oxygen atoms in total. The van der Waals surface area contributed by atoms with Gasteiger partial charge in [0.05, 0.1) is 11.1 Å². The molecule has 3 aromatic rings. The molecule has 4 rings (SSSR count). The highest BCUT2D eigenvalue weighted by atomic mass is 16.2. The zero-order chi connectivity index (χ0) is 19.5. The first-order valence-electron chi connectivity index (χ1n) is 9.30. The molecular formula is C23H21N3O2. The molecule has 1 N–H and O–H groups in total. The Labute approximate surface area is 164 Å². The van der Waals surface area contributed by atoms with Crippen molar-refractivity contribution in [2.75, 3.05) is 11.9 Å². The minimum Gasteiger partial charge on any atom is -0.334 e. The van der Waals surface area contributed by atoms with E-state index in [0.29, 0.717) is 24.2 Å². The van der Waals surface area contributed by atoms with Crippen LogP contribution in [-0.4, -0.2) is 28.2 Å². The summed E-state index contributed by atoms with van der Waals surface area (Å²) in [5, 5.41) is 2.88. The quantitative estimate of drug-likeness (QED) is 0.761. The smallest absolute Gasteiger partial charge is 0.257 e. The molecule has 0 aliphatic carbocycles. The molecule has 2 aromatic carbocycles. The van der Waals surface area contributed by atoms with Crippen LogP contribution in [0.1, 0.15) is 37.4 Å². The Kier molecular flexibility index (Phi) is 4.89. The predicted molar refractivity (Wildman–Crippen MR) is 108 cm³/mol. The van der Waals surface area contributed by atoms with Crippen molar-refractivity contribution in [2.24, 2.45) is 0 Å². The summed E-state index contributed by atoms with van der Waals surface area (Å²) in [4.78, 5) is 31.5. The summed E-state index contributed by atoms with van der Waals surface area (Å²) in [6, 6.07) is 17.4. The van der Waals surface area contributed by atoms with Gasteiger partial charge in [-0.2, -0.15) is 0 Å². The lowest BCUT2D eigenvalue weighted by atomic mass is 9.99. The summed E-state index contributed by atoms with van der Waals surface area (Å²) in [6.07, 6.45) is 3.84. The first-order valence-corrected chi connectivity index (χ1v) is 9.30. The number of hydrogen-bond donors (Lipinski definition) is 1. The van der Waals surface area contributed by atoms with E-state index >= 15 is 0 Å². The second-order valence-electron chi connectivity index (χ2n) is 6.98. The molecule has 0 bridgehead atoms. The van der Waals surface area contributed by atoms with Crippen LogP contribution in [-0.2, 0) is 13.0 Å². The van der Waals surface area contributed by atoms with Crippen LogP contribution in [0.3, 0.4) is 0 Å². The number of fused-ring (bicyclic) bond motifs is 1. The molecule has 1 aliphatic rings. The van der Waals surface area contributed by atoms with Crippen molar-refractivity contribution in [3.05, 3.63) is 94.8 Å². The second kappa shape index (κ2) is 7.64. The van der Waals surface area contributed by atoms with E-state index in [1.807, 2.05) is 48.2 Å². The fourth-order valence-corrected chi connectivity index (χ4v) is 3.44. The van der Waals surface area contributed by atoms with Crippen molar-refractivity contribution < 1.29 is 9.59 Å². The molecule has 1 aromatic heterocycles. The zero-order valence-corrected chi connectivity index (χ0v) is 15.7. The second-order valence-corrected chi connectivity index (χ2v) is 6.98.